The van der Waals surface area contributed by atoms with Crippen LogP contribution in [0, 0.1) is 0 Å². The standard InChI is InChI=1S/C12H14N4S/c1-13-12-15-14-11(17-12)8-16-6-9-4-2-3-5-10(9)7-16/h2-5H,6-8H2,1H3,(H,13,15). The van der Waals surface area contributed by atoms with Crippen molar-refractivity contribution < 1.29 is 0 Å². The van der Waals surface area contributed by atoms with E-state index in [0.29, 0.717) is 0 Å². The van der Waals surface area contributed by atoms with E-state index in [1.165, 1.54) is 11.1 Å². The summed E-state index contributed by atoms with van der Waals surface area (Å²) in [5.74, 6) is 0. The molecule has 1 aromatic heterocycles. The van der Waals surface area contributed by atoms with Crippen LogP contribution in [-0.2, 0) is 19.6 Å². The van der Waals surface area contributed by atoms with Crippen LogP contribution in [0.2, 0.25) is 0 Å². The second-order valence-corrected chi connectivity index (χ2v) is 5.23. The molecule has 0 aliphatic carbocycles. The molecule has 88 valence electrons. The van der Waals surface area contributed by atoms with Gasteiger partial charge in [-0.05, 0) is 11.1 Å². The van der Waals surface area contributed by atoms with Crippen molar-refractivity contribution in [1.29, 1.82) is 0 Å². The Morgan fingerprint density at radius 1 is 1.24 bits per heavy atom. The van der Waals surface area contributed by atoms with E-state index in [2.05, 4.69) is 44.7 Å². The molecule has 1 aromatic carbocycles. The Balaban J connectivity index is 1.69. The predicted molar refractivity (Wildman–Crippen MR) is 68.8 cm³/mol. The van der Waals surface area contributed by atoms with E-state index in [1.54, 1.807) is 11.3 Å². The van der Waals surface area contributed by atoms with Gasteiger partial charge in [-0.1, -0.05) is 35.6 Å². The van der Waals surface area contributed by atoms with Crippen LogP contribution in [0.3, 0.4) is 0 Å². The molecule has 2 heterocycles. The maximum Gasteiger partial charge on any atom is 0.205 e. The lowest BCUT2D eigenvalue weighted by atomic mass is 10.1. The first-order chi connectivity index (χ1) is 8.35. The van der Waals surface area contributed by atoms with E-state index in [-0.39, 0.29) is 0 Å². The second kappa shape index (κ2) is 4.43. The van der Waals surface area contributed by atoms with Crippen LogP contribution in [0.15, 0.2) is 24.3 Å². The van der Waals surface area contributed by atoms with Crippen LogP contribution < -0.4 is 5.32 Å². The van der Waals surface area contributed by atoms with Gasteiger partial charge in [-0.2, -0.15) is 0 Å². The molecule has 1 N–H and O–H groups in total. The fraction of sp³-hybridized carbons (Fsp3) is 0.333. The maximum absolute atomic E-state index is 4.18. The Morgan fingerprint density at radius 2 is 1.94 bits per heavy atom. The summed E-state index contributed by atoms with van der Waals surface area (Å²) in [6, 6.07) is 8.61. The van der Waals surface area contributed by atoms with Crippen molar-refractivity contribution in [1.82, 2.24) is 15.1 Å². The van der Waals surface area contributed by atoms with Crippen molar-refractivity contribution in [2.45, 2.75) is 19.6 Å². The van der Waals surface area contributed by atoms with Crippen LogP contribution in [0.4, 0.5) is 5.13 Å². The molecule has 0 amide bonds. The van der Waals surface area contributed by atoms with Gasteiger partial charge in [-0.3, -0.25) is 4.90 Å². The molecule has 3 rings (SSSR count). The summed E-state index contributed by atoms with van der Waals surface area (Å²) >= 11 is 1.62. The van der Waals surface area contributed by atoms with Crippen molar-refractivity contribution >= 4 is 16.5 Å². The Labute approximate surface area is 104 Å². The van der Waals surface area contributed by atoms with E-state index >= 15 is 0 Å². The largest absolute Gasteiger partial charge is 0.363 e. The van der Waals surface area contributed by atoms with E-state index in [1.807, 2.05) is 7.05 Å². The first kappa shape index (κ1) is 10.7. The third kappa shape index (κ3) is 2.16. The molecule has 0 saturated carbocycles. The number of fused-ring (bicyclic) bond motifs is 1. The molecule has 17 heavy (non-hydrogen) atoms. The van der Waals surface area contributed by atoms with Crippen molar-refractivity contribution in [2.75, 3.05) is 12.4 Å². The molecule has 0 fully saturated rings. The molecule has 0 unspecified atom stereocenters. The minimum absolute atomic E-state index is 0.883. The number of hydrogen-bond acceptors (Lipinski definition) is 5. The average Bonchev–Trinajstić information content (AvgIpc) is 2.94. The molecule has 0 spiro atoms. The minimum atomic E-state index is 0.883. The Morgan fingerprint density at radius 3 is 2.53 bits per heavy atom. The van der Waals surface area contributed by atoms with E-state index < -0.39 is 0 Å². The molecule has 1 aliphatic rings. The van der Waals surface area contributed by atoms with Gasteiger partial charge in [0.1, 0.15) is 5.01 Å². The summed E-state index contributed by atoms with van der Waals surface area (Å²) < 4.78 is 0. The number of anilines is 1. The van der Waals surface area contributed by atoms with Crippen molar-refractivity contribution in [3.8, 4) is 0 Å². The fourth-order valence-corrected chi connectivity index (χ4v) is 2.86. The van der Waals surface area contributed by atoms with Crippen molar-refractivity contribution in [3.63, 3.8) is 0 Å². The number of benzene rings is 1. The van der Waals surface area contributed by atoms with Gasteiger partial charge in [0.2, 0.25) is 5.13 Å². The van der Waals surface area contributed by atoms with Crippen LogP contribution in [0.5, 0.6) is 0 Å². The van der Waals surface area contributed by atoms with Gasteiger partial charge >= 0.3 is 0 Å². The first-order valence-electron chi connectivity index (χ1n) is 5.64. The van der Waals surface area contributed by atoms with Crippen molar-refractivity contribution in [3.05, 3.63) is 40.4 Å². The zero-order chi connectivity index (χ0) is 11.7. The highest BCUT2D eigenvalue weighted by molar-refractivity contribution is 7.15. The van der Waals surface area contributed by atoms with Gasteiger partial charge in [0, 0.05) is 20.1 Å². The van der Waals surface area contributed by atoms with Gasteiger partial charge in [0.05, 0.1) is 6.54 Å². The summed E-state index contributed by atoms with van der Waals surface area (Å²) in [5.41, 5.74) is 2.87. The molecule has 0 atom stereocenters. The summed E-state index contributed by atoms with van der Waals surface area (Å²) in [6.45, 7) is 2.92. The van der Waals surface area contributed by atoms with Gasteiger partial charge in [-0.25, -0.2) is 0 Å². The number of aromatic nitrogens is 2. The normalized spacial score (nSPS) is 14.9. The monoisotopic (exact) mass is 246 g/mol. The van der Waals surface area contributed by atoms with E-state index in [0.717, 1.165) is 29.8 Å². The Kier molecular flexibility index (Phi) is 2.78. The molecular formula is C12H14N4S. The number of rotatable bonds is 3. The molecule has 0 saturated heterocycles. The third-order valence-corrected chi connectivity index (χ3v) is 3.87. The van der Waals surface area contributed by atoms with Crippen LogP contribution in [0.1, 0.15) is 16.1 Å². The van der Waals surface area contributed by atoms with Crippen LogP contribution in [-0.4, -0.2) is 22.1 Å². The van der Waals surface area contributed by atoms with Crippen LogP contribution in [0.25, 0.3) is 0 Å². The Bertz CT molecular complexity index is 498. The molecule has 5 heteroatoms. The molecule has 1 aliphatic heterocycles. The van der Waals surface area contributed by atoms with Gasteiger partial charge in [-0.15, -0.1) is 10.2 Å². The minimum Gasteiger partial charge on any atom is -0.363 e. The van der Waals surface area contributed by atoms with Gasteiger partial charge in [0.15, 0.2) is 0 Å². The maximum atomic E-state index is 4.18. The van der Waals surface area contributed by atoms with Gasteiger partial charge in [0.25, 0.3) is 0 Å². The summed E-state index contributed by atoms with van der Waals surface area (Å²) in [4.78, 5) is 2.39. The predicted octanol–water partition coefficient (Wildman–Crippen LogP) is 2.10. The molecule has 4 nitrogen and oxygen atoms in total. The van der Waals surface area contributed by atoms with Crippen molar-refractivity contribution in [2.24, 2.45) is 0 Å². The number of nitrogens with one attached hydrogen (secondary N) is 1. The molecular weight excluding hydrogens is 232 g/mol. The highest BCUT2D eigenvalue weighted by Gasteiger charge is 2.19. The third-order valence-electron chi connectivity index (χ3n) is 2.95. The highest BCUT2D eigenvalue weighted by atomic mass is 32.1. The van der Waals surface area contributed by atoms with Gasteiger partial charge < -0.3 is 5.32 Å². The topological polar surface area (TPSA) is 41.1 Å². The summed E-state index contributed by atoms with van der Waals surface area (Å²) in [5, 5.41) is 13.2. The Hall–Kier alpha value is -1.46. The smallest absolute Gasteiger partial charge is 0.205 e. The quantitative estimate of drug-likeness (QED) is 0.900. The number of hydrogen-bond donors (Lipinski definition) is 1. The zero-order valence-electron chi connectivity index (χ0n) is 9.68. The molecule has 2 aromatic rings. The highest BCUT2D eigenvalue weighted by Crippen LogP contribution is 2.25. The van der Waals surface area contributed by atoms with E-state index in [9.17, 15) is 0 Å². The second-order valence-electron chi connectivity index (χ2n) is 4.16. The zero-order valence-corrected chi connectivity index (χ0v) is 10.5. The lowest BCUT2D eigenvalue weighted by molar-refractivity contribution is 0.274. The van der Waals surface area contributed by atoms with E-state index in [4.69, 9.17) is 0 Å². The number of nitrogens with zero attached hydrogens (tertiary/aromatic N) is 3. The summed E-state index contributed by atoms with van der Waals surface area (Å²) in [6.07, 6.45) is 0. The first-order valence-corrected chi connectivity index (χ1v) is 6.46. The SMILES string of the molecule is CNc1nnc(CN2Cc3ccccc3C2)s1. The molecule has 0 radical (unpaired) electrons. The average molecular weight is 246 g/mol. The fourth-order valence-electron chi connectivity index (χ4n) is 2.13. The summed E-state index contributed by atoms with van der Waals surface area (Å²) in [7, 11) is 1.87. The molecule has 0 bridgehead atoms. The lowest BCUT2D eigenvalue weighted by Crippen LogP contribution is -2.15. The van der Waals surface area contributed by atoms with Crippen LogP contribution >= 0.6 is 11.3 Å². The lowest BCUT2D eigenvalue weighted by Gasteiger charge is -2.11.